The van der Waals surface area contributed by atoms with Gasteiger partial charge >= 0.3 is 5.97 Å². The summed E-state index contributed by atoms with van der Waals surface area (Å²) in [6.07, 6.45) is 2.35. The maximum atomic E-state index is 11.3. The van der Waals surface area contributed by atoms with Crippen LogP contribution in [-0.4, -0.2) is 17.2 Å². The molecule has 13 heavy (non-hydrogen) atoms. The molecule has 0 N–H and O–H groups in total. The van der Waals surface area contributed by atoms with Gasteiger partial charge in [-0.25, -0.2) is 4.79 Å². The van der Waals surface area contributed by atoms with E-state index in [1.165, 1.54) is 0 Å². The Balaban J connectivity index is 2.76. The highest BCUT2D eigenvalue weighted by molar-refractivity contribution is 7.99. The van der Waals surface area contributed by atoms with Gasteiger partial charge < -0.3 is 4.74 Å². The van der Waals surface area contributed by atoms with Gasteiger partial charge in [0.25, 0.3) is 0 Å². The third-order valence-electron chi connectivity index (χ3n) is 1.96. The quantitative estimate of drug-likeness (QED) is 0.513. The molecular formula is C10H14O2S. The first-order valence-corrected chi connectivity index (χ1v) is 5.38. The van der Waals surface area contributed by atoms with Crippen LogP contribution in [0, 0.1) is 0 Å². The summed E-state index contributed by atoms with van der Waals surface area (Å²) in [5, 5.41) is 0. The number of cyclic esters (lactones) is 1. The highest BCUT2D eigenvalue weighted by atomic mass is 32.2. The van der Waals surface area contributed by atoms with E-state index in [0.717, 1.165) is 16.9 Å². The van der Waals surface area contributed by atoms with Crippen molar-refractivity contribution in [3.63, 3.8) is 0 Å². The van der Waals surface area contributed by atoms with Gasteiger partial charge in [-0.3, -0.25) is 0 Å². The number of carbonyl (C=O) groups excluding carboxylic acids is 1. The van der Waals surface area contributed by atoms with Crippen molar-refractivity contribution in [2.24, 2.45) is 0 Å². The van der Waals surface area contributed by atoms with Crippen LogP contribution >= 0.6 is 11.8 Å². The summed E-state index contributed by atoms with van der Waals surface area (Å²) in [5.74, 6) is 0.778. The molecule has 1 unspecified atom stereocenters. The van der Waals surface area contributed by atoms with Crippen LogP contribution < -0.4 is 0 Å². The molecule has 2 nitrogen and oxygen atoms in total. The number of allylic oxidation sites excluding steroid dienone is 1. The van der Waals surface area contributed by atoms with Gasteiger partial charge in [-0.2, -0.15) is 0 Å². The van der Waals surface area contributed by atoms with E-state index in [-0.39, 0.29) is 11.4 Å². The van der Waals surface area contributed by atoms with E-state index < -0.39 is 0 Å². The SMILES string of the molecule is C=CCC1=C(C)C(SCC)OC1=O. The van der Waals surface area contributed by atoms with Gasteiger partial charge in [0.05, 0.1) is 0 Å². The van der Waals surface area contributed by atoms with E-state index >= 15 is 0 Å². The van der Waals surface area contributed by atoms with E-state index in [2.05, 4.69) is 13.5 Å². The lowest BCUT2D eigenvalue weighted by Gasteiger charge is -2.08. The summed E-state index contributed by atoms with van der Waals surface area (Å²) < 4.78 is 5.18. The van der Waals surface area contributed by atoms with Crippen LogP contribution in [0.2, 0.25) is 0 Å². The van der Waals surface area contributed by atoms with Crippen molar-refractivity contribution in [1.82, 2.24) is 0 Å². The number of hydrogen-bond donors (Lipinski definition) is 0. The van der Waals surface area contributed by atoms with Crippen molar-refractivity contribution < 1.29 is 9.53 Å². The zero-order valence-corrected chi connectivity index (χ0v) is 8.82. The molecule has 72 valence electrons. The summed E-state index contributed by atoms with van der Waals surface area (Å²) in [6.45, 7) is 7.62. The Hall–Kier alpha value is -0.700. The third-order valence-corrected chi connectivity index (χ3v) is 3.04. The molecule has 0 spiro atoms. The third kappa shape index (κ3) is 2.15. The summed E-state index contributed by atoms with van der Waals surface area (Å²) in [4.78, 5) is 11.3. The van der Waals surface area contributed by atoms with Gasteiger partial charge in [-0.05, 0) is 24.7 Å². The molecule has 1 aliphatic heterocycles. The van der Waals surface area contributed by atoms with E-state index in [0.29, 0.717) is 6.42 Å². The minimum absolute atomic E-state index is 0.0625. The minimum atomic E-state index is -0.177. The zero-order chi connectivity index (χ0) is 9.84. The van der Waals surface area contributed by atoms with E-state index in [9.17, 15) is 4.79 Å². The van der Waals surface area contributed by atoms with Gasteiger partial charge in [-0.1, -0.05) is 13.0 Å². The van der Waals surface area contributed by atoms with E-state index in [4.69, 9.17) is 4.74 Å². The highest BCUT2D eigenvalue weighted by Crippen LogP contribution is 2.31. The van der Waals surface area contributed by atoms with E-state index in [1.54, 1.807) is 17.8 Å². The lowest BCUT2D eigenvalue weighted by atomic mass is 10.1. The second kappa shape index (κ2) is 4.51. The number of thioether (sulfide) groups is 1. The smallest absolute Gasteiger partial charge is 0.335 e. The lowest BCUT2D eigenvalue weighted by molar-refractivity contribution is -0.137. The summed E-state index contributed by atoms with van der Waals surface area (Å²) in [7, 11) is 0. The fourth-order valence-corrected chi connectivity index (χ4v) is 2.11. The van der Waals surface area contributed by atoms with Gasteiger partial charge in [0, 0.05) is 5.57 Å². The molecular weight excluding hydrogens is 184 g/mol. The molecule has 0 radical (unpaired) electrons. The standard InChI is InChI=1S/C10H14O2S/c1-4-6-8-7(3)10(13-5-2)12-9(8)11/h4,10H,1,5-6H2,2-3H3. The van der Waals surface area contributed by atoms with Crippen LogP contribution in [0.15, 0.2) is 23.8 Å². The van der Waals surface area contributed by atoms with Crippen LogP contribution in [0.1, 0.15) is 20.3 Å². The average molecular weight is 198 g/mol. The monoisotopic (exact) mass is 198 g/mol. The highest BCUT2D eigenvalue weighted by Gasteiger charge is 2.29. The first-order valence-electron chi connectivity index (χ1n) is 4.33. The second-order valence-corrected chi connectivity index (χ2v) is 4.19. The van der Waals surface area contributed by atoms with Gasteiger partial charge in [0.1, 0.15) is 0 Å². The number of esters is 1. The summed E-state index contributed by atoms with van der Waals surface area (Å²) in [5.41, 5.74) is 1.77. The Morgan fingerprint density at radius 3 is 2.92 bits per heavy atom. The molecule has 0 aliphatic carbocycles. The average Bonchev–Trinajstić information content (AvgIpc) is 2.34. The largest absolute Gasteiger partial charge is 0.443 e. The molecule has 0 fully saturated rings. The number of carbonyl (C=O) groups is 1. The maximum Gasteiger partial charge on any atom is 0.335 e. The van der Waals surface area contributed by atoms with Gasteiger partial charge in [-0.15, -0.1) is 18.3 Å². The second-order valence-electron chi connectivity index (χ2n) is 2.85. The predicted octanol–water partition coefficient (Wildman–Crippen LogP) is 2.52. The van der Waals surface area contributed by atoms with Crippen molar-refractivity contribution >= 4 is 17.7 Å². The van der Waals surface area contributed by atoms with Crippen LogP contribution in [0.25, 0.3) is 0 Å². The van der Waals surface area contributed by atoms with Crippen LogP contribution in [-0.2, 0) is 9.53 Å². The molecule has 3 heteroatoms. The zero-order valence-electron chi connectivity index (χ0n) is 8.00. The van der Waals surface area contributed by atoms with Crippen molar-refractivity contribution in [2.75, 3.05) is 5.75 Å². The first kappa shape index (κ1) is 10.4. The number of ether oxygens (including phenoxy) is 1. The summed E-state index contributed by atoms with van der Waals surface area (Å²) in [6, 6.07) is 0. The Kier molecular flexibility index (Phi) is 3.60. The molecule has 0 aromatic rings. The fourth-order valence-electron chi connectivity index (χ4n) is 1.26. The minimum Gasteiger partial charge on any atom is -0.443 e. The van der Waals surface area contributed by atoms with Crippen LogP contribution in [0.3, 0.4) is 0 Å². The molecule has 0 amide bonds. The number of hydrogen-bond acceptors (Lipinski definition) is 3. The molecule has 0 aromatic carbocycles. The van der Waals surface area contributed by atoms with Crippen LogP contribution in [0.5, 0.6) is 0 Å². The van der Waals surface area contributed by atoms with Gasteiger partial charge in [0.2, 0.25) is 0 Å². The Morgan fingerprint density at radius 1 is 1.69 bits per heavy atom. The molecule has 0 aromatic heterocycles. The van der Waals surface area contributed by atoms with Gasteiger partial charge in [0.15, 0.2) is 5.44 Å². The lowest BCUT2D eigenvalue weighted by Crippen LogP contribution is -2.06. The predicted molar refractivity (Wildman–Crippen MR) is 55.5 cm³/mol. The van der Waals surface area contributed by atoms with E-state index in [1.807, 2.05) is 6.92 Å². The molecule has 1 atom stereocenters. The summed E-state index contributed by atoms with van der Waals surface area (Å²) >= 11 is 1.65. The van der Waals surface area contributed by atoms with Crippen molar-refractivity contribution in [1.29, 1.82) is 0 Å². The molecule has 1 aliphatic rings. The van der Waals surface area contributed by atoms with Crippen molar-refractivity contribution in [2.45, 2.75) is 25.7 Å². The first-order chi connectivity index (χ1) is 6.20. The maximum absolute atomic E-state index is 11.3. The van der Waals surface area contributed by atoms with Crippen molar-refractivity contribution in [3.05, 3.63) is 23.8 Å². The topological polar surface area (TPSA) is 26.3 Å². The molecule has 0 bridgehead atoms. The van der Waals surface area contributed by atoms with Crippen LogP contribution in [0.4, 0.5) is 0 Å². The molecule has 1 heterocycles. The Labute approximate surface area is 83.0 Å². The molecule has 1 rings (SSSR count). The van der Waals surface area contributed by atoms with Crippen molar-refractivity contribution in [3.8, 4) is 0 Å². The fraction of sp³-hybridized carbons (Fsp3) is 0.500. The Bertz CT molecular complexity index is 256. The number of rotatable bonds is 4. The molecule has 0 saturated heterocycles. The molecule has 0 saturated carbocycles. The Morgan fingerprint density at radius 2 is 2.38 bits per heavy atom. The normalized spacial score (nSPS) is 22.0.